The van der Waals surface area contributed by atoms with Gasteiger partial charge in [-0.3, -0.25) is 14.7 Å². The molecular weight excluding hydrogens is 256 g/mol. The van der Waals surface area contributed by atoms with Crippen molar-refractivity contribution in [3.63, 3.8) is 0 Å². The van der Waals surface area contributed by atoms with Crippen LogP contribution in [0.5, 0.6) is 0 Å². The molecule has 0 atom stereocenters. The van der Waals surface area contributed by atoms with Gasteiger partial charge in [0.25, 0.3) is 5.91 Å². The third-order valence-electron chi connectivity index (χ3n) is 3.69. The molecule has 1 fully saturated rings. The van der Waals surface area contributed by atoms with Crippen LogP contribution in [0.4, 0.5) is 0 Å². The fraction of sp³-hybridized carbons (Fsp3) is 0.357. The van der Waals surface area contributed by atoms with Crippen LogP contribution in [0.15, 0.2) is 24.3 Å². The van der Waals surface area contributed by atoms with Crippen LogP contribution in [0.3, 0.4) is 0 Å². The SMILES string of the molecule is CC(=O)N1CCN(C(=O)c2n[nH]c3ccccc23)CC1. The summed E-state index contributed by atoms with van der Waals surface area (Å²) in [6, 6.07) is 7.58. The number of benzene rings is 1. The Hall–Kier alpha value is -2.37. The van der Waals surface area contributed by atoms with Gasteiger partial charge in [-0.25, -0.2) is 0 Å². The van der Waals surface area contributed by atoms with E-state index in [1.54, 1.807) is 16.7 Å². The molecule has 104 valence electrons. The molecule has 0 bridgehead atoms. The first-order chi connectivity index (χ1) is 9.66. The zero-order valence-corrected chi connectivity index (χ0v) is 11.3. The Morgan fingerprint density at radius 2 is 1.75 bits per heavy atom. The molecule has 6 nitrogen and oxygen atoms in total. The number of hydrogen-bond donors (Lipinski definition) is 1. The minimum Gasteiger partial charge on any atom is -0.339 e. The van der Waals surface area contributed by atoms with Crippen LogP contribution in [0, 0.1) is 0 Å². The number of para-hydroxylation sites is 1. The molecule has 0 aliphatic carbocycles. The molecule has 0 saturated carbocycles. The Balaban J connectivity index is 1.78. The molecule has 20 heavy (non-hydrogen) atoms. The smallest absolute Gasteiger partial charge is 0.275 e. The number of fused-ring (bicyclic) bond motifs is 1. The minimum atomic E-state index is -0.0781. The van der Waals surface area contributed by atoms with Gasteiger partial charge in [0.2, 0.25) is 5.91 Å². The molecule has 3 rings (SSSR count). The maximum absolute atomic E-state index is 12.5. The van der Waals surface area contributed by atoms with Gasteiger partial charge in [-0.2, -0.15) is 5.10 Å². The molecule has 0 unspecified atom stereocenters. The molecule has 1 aromatic carbocycles. The van der Waals surface area contributed by atoms with Crippen molar-refractivity contribution in [3.8, 4) is 0 Å². The predicted molar refractivity (Wildman–Crippen MR) is 74.3 cm³/mol. The number of piperazine rings is 1. The van der Waals surface area contributed by atoms with Crippen molar-refractivity contribution < 1.29 is 9.59 Å². The van der Waals surface area contributed by atoms with Gasteiger partial charge in [-0.05, 0) is 6.07 Å². The molecular formula is C14H16N4O2. The number of aromatic nitrogens is 2. The van der Waals surface area contributed by atoms with Crippen LogP contribution in [0.2, 0.25) is 0 Å². The summed E-state index contributed by atoms with van der Waals surface area (Å²) in [6.07, 6.45) is 0. The molecule has 1 aromatic heterocycles. The van der Waals surface area contributed by atoms with Crippen molar-refractivity contribution in [1.29, 1.82) is 0 Å². The first-order valence-corrected chi connectivity index (χ1v) is 6.64. The number of carbonyl (C=O) groups excluding carboxylic acids is 2. The molecule has 6 heteroatoms. The van der Waals surface area contributed by atoms with Crippen molar-refractivity contribution in [3.05, 3.63) is 30.0 Å². The third-order valence-corrected chi connectivity index (χ3v) is 3.69. The molecule has 1 saturated heterocycles. The van der Waals surface area contributed by atoms with Gasteiger partial charge >= 0.3 is 0 Å². The van der Waals surface area contributed by atoms with E-state index in [1.807, 2.05) is 24.3 Å². The second kappa shape index (κ2) is 4.96. The number of aromatic amines is 1. The monoisotopic (exact) mass is 272 g/mol. The van der Waals surface area contributed by atoms with Crippen LogP contribution < -0.4 is 0 Å². The van der Waals surface area contributed by atoms with E-state index < -0.39 is 0 Å². The molecule has 0 radical (unpaired) electrons. The highest BCUT2D eigenvalue weighted by Crippen LogP contribution is 2.17. The van der Waals surface area contributed by atoms with E-state index in [2.05, 4.69) is 10.2 Å². The van der Waals surface area contributed by atoms with Crippen molar-refractivity contribution >= 4 is 22.7 Å². The van der Waals surface area contributed by atoms with Crippen molar-refractivity contribution in [1.82, 2.24) is 20.0 Å². The molecule has 1 N–H and O–H groups in total. The Morgan fingerprint density at radius 3 is 2.45 bits per heavy atom. The van der Waals surface area contributed by atoms with Gasteiger partial charge in [0, 0.05) is 38.5 Å². The molecule has 0 spiro atoms. The molecule has 2 heterocycles. The summed E-state index contributed by atoms with van der Waals surface area (Å²) >= 11 is 0. The maximum atomic E-state index is 12.5. The quantitative estimate of drug-likeness (QED) is 0.837. The predicted octanol–water partition coefficient (Wildman–Crippen LogP) is 0.867. The normalized spacial score (nSPS) is 15.7. The lowest BCUT2D eigenvalue weighted by Crippen LogP contribution is -2.50. The summed E-state index contributed by atoms with van der Waals surface area (Å²) in [7, 11) is 0. The van der Waals surface area contributed by atoms with Crippen LogP contribution >= 0.6 is 0 Å². The maximum Gasteiger partial charge on any atom is 0.275 e. The average molecular weight is 272 g/mol. The summed E-state index contributed by atoms with van der Waals surface area (Å²) < 4.78 is 0. The summed E-state index contributed by atoms with van der Waals surface area (Å²) in [5.41, 5.74) is 1.31. The highest BCUT2D eigenvalue weighted by atomic mass is 16.2. The number of nitrogens with one attached hydrogen (secondary N) is 1. The van der Waals surface area contributed by atoms with Crippen LogP contribution in [-0.4, -0.2) is 58.0 Å². The molecule has 1 aliphatic rings. The van der Waals surface area contributed by atoms with Crippen LogP contribution in [0.1, 0.15) is 17.4 Å². The van der Waals surface area contributed by atoms with Crippen molar-refractivity contribution in [2.24, 2.45) is 0 Å². The van der Waals surface area contributed by atoms with Gasteiger partial charge in [0.15, 0.2) is 5.69 Å². The second-order valence-electron chi connectivity index (χ2n) is 4.92. The number of hydrogen-bond acceptors (Lipinski definition) is 3. The first kappa shape index (κ1) is 12.7. The summed E-state index contributed by atoms with van der Waals surface area (Å²) in [5, 5.41) is 7.84. The molecule has 2 aromatic rings. The van der Waals surface area contributed by atoms with Gasteiger partial charge in [0.1, 0.15) is 0 Å². The topological polar surface area (TPSA) is 69.3 Å². The van der Waals surface area contributed by atoms with Gasteiger partial charge in [-0.1, -0.05) is 18.2 Å². The minimum absolute atomic E-state index is 0.0577. The van der Waals surface area contributed by atoms with E-state index in [0.717, 1.165) is 10.9 Å². The number of amides is 2. The fourth-order valence-corrected chi connectivity index (χ4v) is 2.50. The highest BCUT2D eigenvalue weighted by Gasteiger charge is 2.25. The van der Waals surface area contributed by atoms with Gasteiger partial charge in [0.05, 0.1) is 5.52 Å². The lowest BCUT2D eigenvalue weighted by Gasteiger charge is -2.33. The summed E-state index contributed by atoms with van der Waals surface area (Å²) in [4.78, 5) is 27.3. The Labute approximate surface area is 116 Å². The number of rotatable bonds is 1. The molecule has 1 aliphatic heterocycles. The number of nitrogens with zero attached hydrogens (tertiary/aromatic N) is 3. The average Bonchev–Trinajstić information content (AvgIpc) is 2.90. The second-order valence-corrected chi connectivity index (χ2v) is 4.92. The molecule has 2 amide bonds. The lowest BCUT2D eigenvalue weighted by molar-refractivity contribution is -0.130. The summed E-state index contributed by atoms with van der Waals surface area (Å²) in [5.74, 6) is -0.0204. The Kier molecular flexibility index (Phi) is 3.14. The highest BCUT2D eigenvalue weighted by molar-refractivity contribution is 6.04. The summed E-state index contributed by atoms with van der Waals surface area (Å²) in [6.45, 7) is 3.84. The lowest BCUT2D eigenvalue weighted by atomic mass is 10.2. The van der Waals surface area contributed by atoms with E-state index in [0.29, 0.717) is 31.9 Å². The van der Waals surface area contributed by atoms with Crippen molar-refractivity contribution in [2.45, 2.75) is 6.92 Å². The van der Waals surface area contributed by atoms with Gasteiger partial charge in [-0.15, -0.1) is 0 Å². The largest absolute Gasteiger partial charge is 0.339 e. The van der Waals surface area contributed by atoms with Crippen LogP contribution in [0.25, 0.3) is 10.9 Å². The number of H-pyrrole nitrogens is 1. The van der Waals surface area contributed by atoms with Crippen molar-refractivity contribution in [2.75, 3.05) is 26.2 Å². The Morgan fingerprint density at radius 1 is 1.10 bits per heavy atom. The van der Waals surface area contributed by atoms with E-state index in [1.165, 1.54) is 0 Å². The first-order valence-electron chi connectivity index (χ1n) is 6.64. The third kappa shape index (κ3) is 2.13. The van der Waals surface area contributed by atoms with E-state index in [-0.39, 0.29) is 11.8 Å². The van der Waals surface area contributed by atoms with E-state index in [4.69, 9.17) is 0 Å². The standard InChI is InChI=1S/C14H16N4O2/c1-10(19)17-6-8-18(9-7-17)14(20)13-11-4-2-3-5-12(11)15-16-13/h2-5H,6-9H2,1H3,(H,15,16). The number of carbonyl (C=O) groups is 2. The Bertz CT molecular complexity index is 656. The van der Waals surface area contributed by atoms with Gasteiger partial charge < -0.3 is 9.80 Å². The zero-order valence-electron chi connectivity index (χ0n) is 11.3. The fourth-order valence-electron chi connectivity index (χ4n) is 2.50. The van der Waals surface area contributed by atoms with Crippen LogP contribution in [-0.2, 0) is 4.79 Å². The van der Waals surface area contributed by atoms with E-state index in [9.17, 15) is 9.59 Å². The zero-order chi connectivity index (χ0) is 14.1. The van der Waals surface area contributed by atoms with E-state index >= 15 is 0 Å².